The van der Waals surface area contributed by atoms with E-state index in [9.17, 15) is 0 Å². The SMILES string of the molecule is C/C=C\C1=C(C)N(c2ccccc2)C2Oc3cc(-c4ccc5c6c7ccccc7oc6n(-c6ccccc6)c5c4)ccc3C12. The maximum atomic E-state index is 6.80. The third kappa shape index (κ3) is 3.51. The predicted octanol–water partition coefficient (Wildman–Crippen LogP) is 10.4. The Hall–Kier alpha value is -5.48. The maximum Gasteiger partial charge on any atom is 0.213 e. The Morgan fingerprint density at radius 3 is 2.20 bits per heavy atom. The highest BCUT2D eigenvalue weighted by Crippen LogP contribution is 2.52. The van der Waals surface area contributed by atoms with Crippen LogP contribution in [0.2, 0.25) is 0 Å². The van der Waals surface area contributed by atoms with Gasteiger partial charge in [0.1, 0.15) is 11.3 Å². The summed E-state index contributed by atoms with van der Waals surface area (Å²) in [6.45, 7) is 4.29. The first-order chi connectivity index (χ1) is 21.7. The van der Waals surface area contributed by atoms with E-state index in [4.69, 9.17) is 9.15 Å². The standard InChI is InChI=1S/C40H30N2O2/c1-3-12-30-25(2)41(28-13-6-4-7-14-28)39-37(30)33-22-20-27(24-36(33)44-39)26-19-21-31-34(23-26)42(29-15-8-5-9-16-29)40-38(31)32-17-10-11-18-35(32)43-40/h3-24,37,39H,1-2H3/b12-3-. The van der Waals surface area contributed by atoms with Crippen LogP contribution in [-0.2, 0) is 0 Å². The number of ether oxygens (including phenoxy) is 1. The molecule has 0 saturated heterocycles. The van der Waals surface area contributed by atoms with Crippen molar-refractivity contribution in [2.75, 3.05) is 4.90 Å². The molecule has 9 rings (SSSR count). The fraction of sp³-hybridized carbons (Fsp3) is 0.100. The van der Waals surface area contributed by atoms with E-state index in [0.717, 1.165) is 55.8 Å². The summed E-state index contributed by atoms with van der Waals surface area (Å²) in [6.07, 6.45) is 4.27. The van der Waals surface area contributed by atoms with Crippen molar-refractivity contribution in [3.8, 4) is 22.6 Å². The van der Waals surface area contributed by atoms with Gasteiger partial charge in [-0.1, -0.05) is 91.0 Å². The van der Waals surface area contributed by atoms with Gasteiger partial charge in [0.2, 0.25) is 5.71 Å². The second-order valence-electron chi connectivity index (χ2n) is 11.7. The number of para-hydroxylation sites is 3. The molecule has 7 aromatic rings. The normalized spacial score (nSPS) is 17.7. The molecule has 212 valence electrons. The first kappa shape index (κ1) is 25.1. The molecule has 44 heavy (non-hydrogen) atoms. The lowest BCUT2D eigenvalue weighted by Crippen LogP contribution is -2.34. The Labute approximate surface area is 255 Å². The number of anilines is 1. The number of aromatic nitrogens is 1. The van der Waals surface area contributed by atoms with Crippen molar-refractivity contribution in [2.24, 2.45) is 0 Å². The second-order valence-corrected chi connectivity index (χ2v) is 11.7. The van der Waals surface area contributed by atoms with Crippen molar-refractivity contribution in [3.05, 3.63) is 150 Å². The van der Waals surface area contributed by atoms with Crippen molar-refractivity contribution in [1.82, 2.24) is 4.57 Å². The molecule has 2 atom stereocenters. The number of benzene rings is 5. The van der Waals surface area contributed by atoms with Gasteiger partial charge < -0.3 is 14.1 Å². The number of fused-ring (bicyclic) bond motifs is 8. The Kier molecular flexibility index (Phi) is 5.42. The smallest absolute Gasteiger partial charge is 0.213 e. The van der Waals surface area contributed by atoms with E-state index in [2.05, 4.69) is 139 Å². The number of nitrogens with zero attached hydrogens (tertiary/aromatic N) is 2. The minimum Gasteiger partial charge on any atom is -0.469 e. The summed E-state index contributed by atoms with van der Waals surface area (Å²) in [5, 5.41) is 3.46. The van der Waals surface area contributed by atoms with Crippen LogP contribution in [0.4, 0.5) is 5.69 Å². The molecular weight excluding hydrogens is 540 g/mol. The third-order valence-corrected chi connectivity index (χ3v) is 9.27. The first-order valence-corrected chi connectivity index (χ1v) is 15.2. The number of furan rings is 1. The number of allylic oxidation sites excluding steroid dienone is 3. The van der Waals surface area contributed by atoms with Crippen LogP contribution in [0.15, 0.2) is 149 Å². The zero-order valence-electron chi connectivity index (χ0n) is 24.6. The summed E-state index contributed by atoms with van der Waals surface area (Å²) in [4.78, 5) is 2.35. The van der Waals surface area contributed by atoms with Gasteiger partial charge in [0.05, 0.1) is 16.8 Å². The molecule has 2 aliphatic rings. The Morgan fingerprint density at radius 1 is 0.705 bits per heavy atom. The van der Waals surface area contributed by atoms with Crippen LogP contribution >= 0.6 is 0 Å². The van der Waals surface area contributed by atoms with Gasteiger partial charge in [-0.15, -0.1) is 0 Å². The zero-order chi connectivity index (χ0) is 29.4. The highest BCUT2D eigenvalue weighted by atomic mass is 16.5. The molecule has 4 heterocycles. The van der Waals surface area contributed by atoms with E-state index in [1.807, 2.05) is 18.2 Å². The molecule has 2 aromatic heterocycles. The molecule has 0 fully saturated rings. The summed E-state index contributed by atoms with van der Waals surface area (Å²) in [5.74, 6) is 1.11. The Bertz CT molecular complexity index is 2290. The quantitative estimate of drug-likeness (QED) is 0.211. The van der Waals surface area contributed by atoms with E-state index >= 15 is 0 Å². The summed E-state index contributed by atoms with van der Waals surface area (Å²) >= 11 is 0. The van der Waals surface area contributed by atoms with Crippen molar-refractivity contribution >= 4 is 38.7 Å². The summed E-state index contributed by atoms with van der Waals surface area (Å²) in [6, 6.07) is 42.8. The average molecular weight is 571 g/mol. The molecule has 0 amide bonds. The van der Waals surface area contributed by atoms with Gasteiger partial charge in [0.25, 0.3) is 0 Å². The van der Waals surface area contributed by atoms with E-state index < -0.39 is 0 Å². The monoisotopic (exact) mass is 570 g/mol. The van der Waals surface area contributed by atoms with Crippen molar-refractivity contribution in [3.63, 3.8) is 0 Å². The van der Waals surface area contributed by atoms with E-state index in [1.54, 1.807) is 0 Å². The molecule has 4 nitrogen and oxygen atoms in total. The van der Waals surface area contributed by atoms with Gasteiger partial charge in [-0.3, -0.25) is 4.57 Å². The zero-order valence-corrected chi connectivity index (χ0v) is 24.6. The third-order valence-electron chi connectivity index (χ3n) is 9.27. The lowest BCUT2D eigenvalue weighted by atomic mass is 9.90. The van der Waals surface area contributed by atoms with Crippen LogP contribution < -0.4 is 9.64 Å². The molecule has 0 spiro atoms. The van der Waals surface area contributed by atoms with Crippen LogP contribution in [0.1, 0.15) is 25.3 Å². The minimum atomic E-state index is -0.105. The molecule has 4 heteroatoms. The van der Waals surface area contributed by atoms with Gasteiger partial charge in [0, 0.05) is 33.4 Å². The molecule has 0 saturated carbocycles. The summed E-state index contributed by atoms with van der Waals surface area (Å²) in [7, 11) is 0. The van der Waals surface area contributed by atoms with Gasteiger partial charge in [-0.25, -0.2) is 0 Å². The van der Waals surface area contributed by atoms with Gasteiger partial charge in [-0.2, -0.15) is 0 Å². The predicted molar refractivity (Wildman–Crippen MR) is 180 cm³/mol. The van der Waals surface area contributed by atoms with Crippen LogP contribution in [-0.4, -0.2) is 10.8 Å². The number of hydrogen-bond donors (Lipinski definition) is 0. The largest absolute Gasteiger partial charge is 0.469 e. The van der Waals surface area contributed by atoms with Gasteiger partial charge in [0.15, 0.2) is 6.23 Å². The summed E-state index contributed by atoms with van der Waals surface area (Å²) < 4.78 is 15.5. The first-order valence-electron chi connectivity index (χ1n) is 15.2. The lowest BCUT2D eigenvalue weighted by Gasteiger charge is -2.27. The molecular formula is C40H30N2O2. The van der Waals surface area contributed by atoms with Crippen molar-refractivity contribution in [1.29, 1.82) is 0 Å². The Morgan fingerprint density at radius 2 is 1.41 bits per heavy atom. The van der Waals surface area contributed by atoms with Crippen LogP contribution in [0.3, 0.4) is 0 Å². The van der Waals surface area contributed by atoms with Crippen LogP contribution in [0, 0.1) is 0 Å². The van der Waals surface area contributed by atoms with Crippen LogP contribution in [0.25, 0.3) is 49.8 Å². The average Bonchev–Trinajstić information content (AvgIpc) is 3.78. The van der Waals surface area contributed by atoms with E-state index in [0.29, 0.717) is 0 Å². The molecule has 0 N–H and O–H groups in total. The molecule has 0 bridgehead atoms. The lowest BCUT2D eigenvalue weighted by molar-refractivity contribution is 0.230. The summed E-state index contributed by atoms with van der Waals surface area (Å²) in [5.41, 5.74) is 11.2. The molecule has 2 unspecified atom stereocenters. The molecule has 0 aliphatic carbocycles. The van der Waals surface area contributed by atoms with Crippen molar-refractivity contribution in [2.45, 2.75) is 26.0 Å². The van der Waals surface area contributed by atoms with Crippen LogP contribution in [0.5, 0.6) is 5.75 Å². The number of rotatable bonds is 4. The highest BCUT2D eigenvalue weighted by molar-refractivity contribution is 6.20. The minimum absolute atomic E-state index is 0.105. The number of hydrogen-bond acceptors (Lipinski definition) is 3. The molecule has 0 radical (unpaired) electrons. The fourth-order valence-electron chi connectivity index (χ4n) is 7.34. The topological polar surface area (TPSA) is 30.5 Å². The second kappa shape index (κ2) is 9.51. The van der Waals surface area contributed by atoms with Gasteiger partial charge >= 0.3 is 0 Å². The molecule has 2 aliphatic heterocycles. The van der Waals surface area contributed by atoms with Gasteiger partial charge in [-0.05, 0) is 73.0 Å². The van der Waals surface area contributed by atoms with E-state index in [1.165, 1.54) is 22.2 Å². The molecule has 5 aromatic carbocycles. The van der Waals surface area contributed by atoms with E-state index in [-0.39, 0.29) is 12.1 Å². The Balaban J connectivity index is 1.19. The fourth-order valence-corrected chi connectivity index (χ4v) is 7.34. The highest BCUT2D eigenvalue weighted by Gasteiger charge is 2.46. The van der Waals surface area contributed by atoms with Crippen molar-refractivity contribution < 1.29 is 9.15 Å². The maximum absolute atomic E-state index is 6.80.